The summed E-state index contributed by atoms with van der Waals surface area (Å²) >= 11 is 0. The van der Waals surface area contributed by atoms with Crippen LogP contribution in [0.3, 0.4) is 0 Å². The molecule has 0 fully saturated rings. The van der Waals surface area contributed by atoms with Crippen LogP contribution >= 0.6 is 0 Å². The SMILES string of the molecule is CCCCCCCCCCCCCCCCOc1ccc(NC=C(C#N)C#N)cc1. The van der Waals surface area contributed by atoms with Crippen molar-refractivity contribution < 1.29 is 4.74 Å². The van der Waals surface area contributed by atoms with E-state index in [-0.39, 0.29) is 5.57 Å². The van der Waals surface area contributed by atoms with Crippen molar-refractivity contribution in [2.75, 3.05) is 11.9 Å². The second-order valence-corrected chi connectivity index (χ2v) is 7.89. The summed E-state index contributed by atoms with van der Waals surface area (Å²) < 4.78 is 5.79. The van der Waals surface area contributed by atoms with Crippen LogP contribution in [0, 0.1) is 22.7 Å². The first-order chi connectivity index (χ1) is 14.8. The standard InChI is InChI=1S/C26H39N3O/c1-2-3-4-5-6-7-8-9-10-11-12-13-14-15-20-30-26-18-16-25(17-19-26)29-23-24(21-27)22-28/h16-19,23,29H,2-15,20H2,1H3. The zero-order chi connectivity index (χ0) is 21.7. The maximum absolute atomic E-state index is 8.71. The Morgan fingerprint density at radius 3 is 1.70 bits per heavy atom. The maximum atomic E-state index is 8.71. The van der Waals surface area contributed by atoms with Crippen molar-refractivity contribution in [3.05, 3.63) is 36.0 Å². The molecule has 30 heavy (non-hydrogen) atoms. The molecule has 0 spiro atoms. The molecule has 0 radical (unpaired) electrons. The van der Waals surface area contributed by atoms with Gasteiger partial charge in [-0.3, -0.25) is 0 Å². The molecule has 1 rings (SSSR count). The van der Waals surface area contributed by atoms with Crippen LogP contribution in [0.25, 0.3) is 0 Å². The highest BCUT2D eigenvalue weighted by Crippen LogP contribution is 2.17. The predicted molar refractivity (Wildman–Crippen MR) is 125 cm³/mol. The summed E-state index contributed by atoms with van der Waals surface area (Å²) in [7, 11) is 0. The van der Waals surface area contributed by atoms with Gasteiger partial charge in [0.1, 0.15) is 23.5 Å². The molecule has 0 aliphatic carbocycles. The summed E-state index contributed by atoms with van der Waals surface area (Å²) in [6.07, 6.45) is 20.4. The fraction of sp³-hybridized carbons (Fsp3) is 0.615. The number of hydrogen-bond acceptors (Lipinski definition) is 4. The maximum Gasteiger partial charge on any atom is 0.145 e. The van der Waals surface area contributed by atoms with Crippen molar-refractivity contribution >= 4 is 5.69 Å². The van der Waals surface area contributed by atoms with Gasteiger partial charge < -0.3 is 10.1 Å². The van der Waals surface area contributed by atoms with Gasteiger partial charge in [-0.2, -0.15) is 10.5 Å². The molecule has 1 aromatic carbocycles. The van der Waals surface area contributed by atoms with Crippen LogP contribution in [0.4, 0.5) is 5.69 Å². The number of nitrogens with zero attached hydrogens (tertiary/aromatic N) is 2. The van der Waals surface area contributed by atoms with E-state index in [1.807, 2.05) is 36.4 Å². The molecule has 0 saturated heterocycles. The number of nitrogens with one attached hydrogen (secondary N) is 1. The van der Waals surface area contributed by atoms with E-state index in [4.69, 9.17) is 15.3 Å². The summed E-state index contributed by atoms with van der Waals surface area (Å²) in [5.41, 5.74) is 0.870. The Morgan fingerprint density at radius 2 is 1.23 bits per heavy atom. The van der Waals surface area contributed by atoms with Crippen molar-refractivity contribution in [2.45, 2.75) is 96.8 Å². The lowest BCUT2D eigenvalue weighted by molar-refractivity contribution is 0.304. The normalized spacial score (nSPS) is 10.1. The summed E-state index contributed by atoms with van der Waals surface area (Å²) in [5, 5.41) is 20.4. The lowest BCUT2D eigenvalue weighted by Gasteiger charge is -2.07. The Bertz CT molecular complexity index is 636. The zero-order valence-electron chi connectivity index (χ0n) is 18.8. The molecule has 1 aromatic rings. The van der Waals surface area contributed by atoms with Crippen LogP contribution in [0.15, 0.2) is 36.0 Å². The third kappa shape index (κ3) is 13.7. The first-order valence-corrected chi connectivity index (χ1v) is 11.8. The Kier molecular flexibility index (Phi) is 15.8. The number of benzene rings is 1. The van der Waals surface area contributed by atoms with Crippen LogP contribution < -0.4 is 10.1 Å². The fourth-order valence-electron chi connectivity index (χ4n) is 3.38. The van der Waals surface area contributed by atoms with Crippen molar-refractivity contribution in [3.8, 4) is 17.9 Å². The Labute approximate surface area is 183 Å². The van der Waals surface area contributed by atoms with Gasteiger partial charge >= 0.3 is 0 Å². The minimum atomic E-state index is 0.0492. The van der Waals surface area contributed by atoms with Gasteiger partial charge in [0.2, 0.25) is 0 Å². The number of anilines is 1. The molecule has 0 saturated carbocycles. The molecule has 164 valence electrons. The highest BCUT2D eigenvalue weighted by atomic mass is 16.5. The highest BCUT2D eigenvalue weighted by molar-refractivity contribution is 5.51. The first kappa shape index (κ1) is 25.6. The third-order valence-electron chi connectivity index (χ3n) is 5.25. The van der Waals surface area contributed by atoms with E-state index >= 15 is 0 Å². The molecule has 0 heterocycles. The van der Waals surface area contributed by atoms with Gasteiger partial charge in [-0.05, 0) is 30.7 Å². The smallest absolute Gasteiger partial charge is 0.145 e. The van der Waals surface area contributed by atoms with E-state index < -0.39 is 0 Å². The summed E-state index contributed by atoms with van der Waals surface area (Å²) in [6.45, 7) is 3.02. The minimum absolute atomic E-state index is 0.0492. The van der Waals surface area contributed by atoms with Crippen LogP contribution in [-0.2, 0) is 0 Å². The molecule has 0 atom stereocenters. The second-order valence-electron chi connectivity index (χ2n) is 7.89. The average Bonchev–Trinajstić information content (AvgIpc) is 2.78. The Balaban J connectivity index is 1.94. The summed E-state index contributed by atoms with van der Waals surface area (Å²) in [6, 6.07) is 11.2. The summed E-state index contributed by atoms with van der Waals surface area (Å²) in [5.74, 6) is 0.847. The van der Waals surface area contributed by atoms with Crippen LogP contribution in [0.1, 0.15) is 96.8 Å². The van der Waals surface area contributed by atoms with Gasteiger partial charge in [-0.15, -0.1) is 0 Å². The zero-order valence-corrected chi connectivity index (χ0v) is 18.8. The number of hydrogen-bond donors (Lipinski definition) is 1. The van der Waals surface area contributed by atoms with Crippen LogP contribution in [0.5, 0.6) is 5.75 Å². The third-order valence-corrected chi connectivity index (χ3v) is 5.25. The van der Waals surface area contributed by atoms with E-state index in [1.165, 1.54) is 89.7 Å². The van der Waals surface area contributed by atoms with Crippen molar-refractivity contribution in [1.29, 1.82) is 10.5 Å². The molecule has 1 N–H and O–H groups in total. The minimum Gasteiger partial charge on any atom is -0.494 e. The fourth-order valence-corrected chi connectivity index (χ4v) is 3.38. The van der Waals surface area contributed by atoms with E-state index in [0.717, 1.165) is 24.5 Å². The molecule has 0 aromatic heterocycles. The van der Waals surface area contributed by atoms with Crippen molar-refractivity contribution in [1.82, 2.24) is 0 Å². The molecule has 0 aliphatic heterocycles. The first-order valence-electron chi connectivity index (χ1n) is 11.8. The Morgan fingerprint density at radius 1 is 0.767 bits per heavy atom. The van der Waals surface area contributed by atoms with Gasteiger partial charge in [-0.1, -0.05) is 90.4 Å². The number of allylic oxidation sites excluding steroid dienone is 1. The lowest BCUT2D eigenvalue weighted by atomic mass is 10.0. The van der Waals surface area contributed by atoms with Crippen LogP contribution in [0.2, 0.25) is 0 Å². The van der Waals surface area contributed by atoms with E-state index in [1.54, 1.807) is 0 Å². The number of unbranched alkanes of at least 4 members (excludes halogenated alkanes) is 13. The average molecular weight is 410 g/mol. The van der Waals surface area contributed by atoms with Gasteiger partial charge in [0.25, 0.3) is 0 Å². The number of rotatable bonds is 18. The molecule has 0 amide bonds. The molecule has 4 heteroatoms. The molecule has 4 nitrogen and oxygen atoms in total. The molecular weight excluding hydrogens is 370 g/mol. The van der Waals surface area contributed by atoms with Crippen molar-refractivity contribution in [3.63, 3.8) is 0 Å². The van der Waals surface area contributed by atoms with Gasteiger partial charge in [0.15, 0.2) is 0 Å². The second kappa shape index (κ2) is 18.6. The molecular formula is C26H39N3O. The van der Waals surface area contributed by atoms with E-state index in [9.17, 15) is 0 Å². The summed E-state index contributed by atoms with van der Waals surface area (Å²) in [4.78, 5) is 0. The highest BCUT2D eigenvalue weighted by Gasteiger charge is 1.97. The molecule has 0 aliphatic rings. The van der Waals surface area contributed by atoms with Gasteiger partial charge in [0, 0.05) is 11.9 Å². The van der Waals surface area contributed by atoms with Crippen LogP contribution in [-0.4, -0.2) is 6.61 Å². The Hall–Kier alpha value is -2.46. The van der Waals surface area contributed by atoms with Gasteiger partial charge in [0.05, 0.1) is 6.61 Å². The molecule has 0 unspecified atom stereocenters. The predicted octanol–water partition coefficient (Wildman–Crippen LogP) is 7.89. The number of ether oxygens (including phenoxy) is 1. The van der Waals surface area contributed by atoms with Crippen molar-refractivity contribution in [2.24, 2.45) is 0 Å². The van der Waals surface area contributed by atoms with E-state index in [0.29, 0.717) is 0 Å². The number of nitriles is 2. The lowest BCUT2D eigenvalue weighted by Crippen LogP contribution is -1.97. The topological polar surface area (TPSA) is 68.8 Å². The largest absolute Gasteiger partial charge is 0.494 e. The monoisotopic (exact) mass is 409 g/mol. The molecule has 0 bridgehead atoms. The van der Waals surface area contributed by atoms with Gasteiger partial charge in [-0.25, -0.2) is 0 Å². The quantitative estimate of drug-likeness (QED) is 0.198. The van der Waals surface area contributed by atoms with E-state index in [2.05, 4.69) is 12.2 Å².